The Balaban J connectivity index is 1.68. The Morgan fingerprint density at radius 1 is 1.14 bits per heavy atom. The molecular formula is C14H23ClN4O2S. The van der Waals surface area contributed by atoms with Gasteiger partial charge in [0.2, 0.25) is 0 Å². The van der Waals surface area contributed by atoms with Crippen molar-refractivity contribution in [3.63, 3.8) is 0 Å². The number of halogens is 1. The third-order valence-electron chi connectivity index (χ3n) is 4.79. The van der Waals surface area contributed by atoms with Gasteiger partial charge in [-0.25, -0.2) is 8.42 Å². The molecule has 0 spiro atoms. The van der Waals surface area contributed by atoms with Gasteiger partial charge >= 0.3 is 0 Å². The van der Waals surface area contributed by atoms with Crippen LogP contribution in [0.1, 0.15) is 32.1 Å². The van der Waals surface area contributed by atoms with Gasteiger partial charge in [-0.1, -0.05) is 30.9 Å². The first-order valence-electron chi connectivity index (χ1n) is 7.92. The van der Waals surface area contributed by atoms with E-state index in [0.29, 0.717) is 19.1 Å². The van der Waals surface area contributed by atoms with Gasteiger partial charge in [-0.15, -0.1) is 0 Å². The summed E-state index contributed by atoms with van der Waals surface area (Å²) in [6.07, 6.45) is 7.82. The summed E-state index contributed by atoms with van der Waals surface area (Å²) >= 11 is 6.00. The van der Waals surface area contributed by atoms with Crippen molar-refractivity contribution in [3.8, 4) is 0 Å². The van der Waals surface area contributed by atoms with Crippen LogP contribution in [0.15, 0.2) is 11.2 Å². The molecule has 3 rings (SSSR count). The second-order valence-corrected chi connectivity index (χ2v) is 8.41. The van der Waals surface area contributed by atoms with E-state index in [1.807, 2.05) is 0 Å². The van der Waals surface area contributed by atoms with Gasteiger partial charge in [-0.05, 0) is 12.8 Å². The molecule has 6 nitrogen and oxygen atoms in total. The fourth-order valence-electron chi connectivity index (χ4n) is 3.57. The molecule has 1 saturated carbocycles. The molecule has 0 N–H and O–H groups in total. The minimum atomic E-state index is -3.56. The number of aromatic nitrogens is 2. The van der Waals surface area contributed by atoms with Gasteiger partial charge in [0.1, 0.15) is 0 Å². The highest BCUT2D eigenvalue weighted by Crippen LogP contribution is 2.27. The zero-order valence-electron chi connectivity index (χ0n) is 12.9. The molecule has 1 aromatic rings. The third kappa shape index (κ3) is 3.04. The van der Waals surface area contributed by atoms with Gasteiger partial charge < -0.3 is 0 Å². The smallest absolute Gasteiger partial charge is 0.261 e. The Morgan fingerprint density at radius 3 is 2.32 bits per heavy atom. The molecule has 1 saturated heterocycles. The summed E-state index contributed by atoms with van der Waals surface area (Å²) in [4.78, 5) is 2.45. The van der Waals surface area contributed by atoms with Crippen molar-refractivity contribution in [1.82, 2.24) is 19.0 Å². The van der Waals surface area contributed by atoms with E-state index in [1.54, 1.807) is 7.05 Å². The van der Waals surface area contributed by atoms with Crippen molar-refractivity contribution in [2.45, 2.75) is 43.2 Å². The van der Waals surface area contributed by atoms with Crippen LogP contribution in [0.4, 0.5) is 0 Å². The van der Waals surface area contributed by atoms with Crippen molar-refractivity contribution >= 4 is 21.6 Å². The zero-order valence-corrected chi connectivity index (χ0v) is 14.5. The van der Waals surface area contributed by atoms with E-state index in [9.17, 15) is 8.42 Å². The molecule has 124 valence electrons. The lowest BCUT2D eigenvalue weighted by Crippen LogP contribution is -2.52. The fraction of sp³-hybridized carbons (Fsp3) is 0.786. The van der Waals surface area contributed by atoms with E-state index in [0.717, 1.165) is 13.1 Å². The predicted molar refractivity (Wildman–Crippen MR) is 85.4 cm³/mol. The summed E-state index contributed by atoms with van der Waals surface area (Å²) in [5, 5.41) is 4.22. The molecule has 0 radical (unpaired) electrons. The lowest BCUT2D eigenvalue weighted by atomic mass is 9.94. The van der Waals surface area contributed by atoms with E-state index in [-0.39, 0.29) is 10.0 Å². The molecule has 0 unspecified atom stereocenters. The minimum absolute atomic E-state index is 0.0975. The SMILES string of the molecule is Cn1ncc(Cl)c1S(=O)(=O)N1CCN(C2CCCCC2)CC1. The average molecular weight is 347 g/mol. The van der Waals surface area contributed by atoms with Gasteiger partial charge in [-0.3, -0.25) is 9.58 Å². The lowest BCUT2D eigenvalue weighted by molar-refractivity contribution is 0.111. The summed E-state index contributed by atoms with van der Waals surface area (Å²) in [5.74, 6) is 0. The fourth-order valence-corrected chi connectivity index (χ4v) is 5.59. The van der Waals surface area contributed by atoms with E-state index < -0.39 is 10.0 Å². The number of hydrogen-bond donors (Lipinski definition) is 0. The van der Waals surface area contributed by atoms with Gasteiger partial charge in [0, 0.05) is 39.3 Å². The first-order chi connectivity index (χ1) is 10.5. The second kappa shape index (κ2) is 6.47. The molecule has 2 heterocycles. The van der Waals surface area contributed by atoms with Crippen molar-refractivity contribution in [1.29, 1.82) is 0 Å². The maximum Gasteiger partial charge on any atom is 0.261 e. The van der Waals surface area contributed by atoms with E-state index in [2.05, 4.69) is 10.00 Å². The van der Waals surface area contributed by atoms with E-state index >= 15 is 0 Å². The van der Waals surface area contributed by atoms with Crippen LogP contribution in [0.2, 0.25) is 5.02 Å². The van der Waals surface area contributed by atoms with Crippen LogP contribution in [0.5, 0.6) is 0 Å². The number of rotatable bonds is 3. The zero-order chi connectivity index (χ0) is 15.7. The van der Waals surface area contributed by atoms with Crippen molar-refractivity contribution in [3.05, 3.63) is 11.2 Å². The maximum atomic E-state index is 12.7. The summed E-state index contributed by atoms with van der Waals surface area (Å²) < 4.78 is 28.3. The van der Waals surface area contributed by atoms with Gasteiger partial charge in [0.25, 0.3) is 10.0 Å². The minimum Gasteiger partial charge on any atom is -0.298 e. The molecule has 0 aromatic carbocycles. The van der Waals surface area contributed by atoms with Crippen LogP contribution in [-0.4, -0.2) is 59.6 Å². The molecule has 0 atom stereocenters. The van der Waals surface area contributed by atoms with Gasteiger partial charge in [0.05, 0.1) is 11.2 Å². The first kappa shape index (κ1) is 16.2. The Morgan fingerprint density at radius 2 is 1.77 bits per heavy atom. The van der Waals surface area contributed by atoms with Crippen LogP contribution in [0, 0.1) is 0 Å². The molecule has 0 amide bonds. The van der Waals surface area contributed by atoms with Crippen LogP contribution in [0.25, 0.3) is 0 Å². The van der Waals surface area contributed by atoms with Gasteiger partial charge in [-0.2, -0.15) is 9.40 Å². The quantitative estimate of drug-likeness (QED) is 0.836. The molecule has 8 heteroatoms. The molecule has 1 aliphatic carbocycles. The summed E-state index contributed by atoms with van der Waals surface area (Å²) in [7, 11) is -1.95. The summed E-state index contributed by atoms with van der Waals surface area (Å²) in [6, 6.07) is 0.638. The Kier molecular flexibility index (Phi) is 4.77. The monoisotopic (exact) mass is 346 g/mol. The predicted octanol–water partition coefficient (Wildman–Crippen LogP) is 1.71. The van der Waals surface area contributed by atoms with E-state index in [4.69, 9.17) is 11.6 Å². The van der Waals surface area contributed by atoms with E-state index in [1.165, 1.54) is 47.3 Å². The molecule has 1 aliphatic heterocycles. The standard InChI is InChI=1S/C14H23ClN4O2S/c1-17-14(13(15)11-16-17)22(20,21)19-9-7-18(8-10-19)12-5-3-2-4-6-12/h11-12H,2-10H2,1H3. The Bertz CT molecular complexity index is 597. The number of nitrogens with zero attached hydrogens (tertiary/aromatic N) is 4. The maximum absolute atomic E-state index is 12.7. The molecule has 1 aromatic heterocycles. The van der Waals surface area contributed by atoms with Crippen LogP contribution >= 0.6 is 11.6 Å². The van der Waals surface area contributed by atoms with Crippen LogP contribution < -0.4 is 0 Å². The first-order valence-corrected chi connectivity index (χ1v) is 9.73. The topological polar surface area (TPSA) is 58.4 Å². The molecule has 22 heavy (non-hydrogen) atoms. The highest BCUT2D eigenvalue weighted by atomic mass is 35.5. The largest absolute Gasteiger partial charge is 0.298 e. The highest BCUT2D eigenvalue weighted by molar-refractivity contribution is 7.89. The summed E-state index contributed by atoms with van der Waals surface area (Å²) in [5.41, 5.74) is 0. The number of hydrogen-bond acceptors (Lipinski definition) is 4. The Labute approximate surface area is 137 Å². The van der Waals surface area contributed by atoms with Crippen molar-refractivity contribution in [2.75, 3.05) is 26.2 Å². The molecule has 0 bridgehead atoms. The number of aryl methyl sites for hydroxylation is 1. The Hall–Kier alpha value is -0.630. The second-order valence-electron chi connectivity index (χ2n) is 6.15. The number of piperazine rings is 1. The highest BCUT2D eigenvalue weighted by Gasteiger charge is 2.34. The third-order valence-corrected chi connectivity index (χ3v) is 7.20. The number of sulfonamides is 1. The van der Waals surface area contributed by atoms with Crippen LogP contribution in [0.3, 0.4) is 0 Å². The van der Waals surface area contributed by atoms with Gasteiger partial charge in [0.15, 0.2) is 5.03 Å². The van der Waals surface area contributed by atoms with Crippen molar-refractivity contribution in [2.24, 2.45) is 7.05 Å². The average Bonchev–Trinajstić information content (AvgIpc) is 2.88. The molecule has 2 aliphatic rings. The molecular weight excluding hydrogens is 324 g/mol. The van der Waals surface area contributed by atoms with Crippen molar-refractivity contribution < 1.29 is 8.42 Å². The summed E-state index contributed by atoms with van der Waals surface area (Å²) in [6.45, 7) is 2.67. The molecule has 2 fully saturated rings. The lowest BCUT2D eigenvalue weighted by Gasteiger charge is -2.40. The van der Waals surface area contributed by atoms with Crippen LogP contribution in [-0.2, 0) is 17.1 Å². The normalized spacial score (nSPS) is 23.0.